The summed E-state index contributed by atoms with van der Waals surface area (Å²) < 4.78 is 15.6. The molecule has 0 spiro atoms. The van der Waals surface area contributed by atoms with E-state index in [0.717, 1.165) is 0 Å². The first-order valence-corrected chi connectivity index (χ1v) is 14.2. The number of rotatable bonds is 2. The molecular formula is C25H32N14O6. The summed E-state index contributed by atoms with van der Waals surface area (Å²) in [6.45, 7) is 4.34. The fourth-order valence-corrected chi connectivity index (χ4v) is 6.16. The number of allylic oxidation sites excluding steroid dienone is 1. The monoisotopic (exact) mass is 624 g/mol. The molecule has 0 radical (unpaired) electrons. The molecule has 11 N–H and O–H groups in total. The molecule has 0 saturated carbocycles. The lowest BCUT2D eigenvalue weighted by Crippen LogP contribution is -2.55. The van der Waals surface area contributed by atoms with Crippen LogP contribution in [0.2, 0.25) is 0 Å². The lowest BCUT2D eigenvalue weighted by molar-refractivity contribution is -0.0367. The number of aliphatic hydroxyl groups is 2. The summed E-state index contributed by atoms with van der Waals surface area (Å²) in [5.74, 6) is 0.158. The fraction of sp³-hybridized carbons (Fsp3) is 0.480. The highest BCUT2D eigenvalue weighted by Crippen LogP contribution is 2.35. The van der Waals surface area contributed by atoms with Crippen molar-refractivity contribution in [1.82, 2.24) is 55.0 Å². The minimum absolute atomic E-state index is 0.0594. The zero-order valence-corrected chi connectivity index (χ0v) is 23.9. The fourth-order valence-electron chi connectivity index (χ4n) is 6.16. The van der Waals surface area contributed by atoms with Gasteiger partial charge in [0.1, 0.15) is 18.3 Å². The standard InChI is InChI=1S/C25H32N14O6/c1-8-3-4-9-11(15(40)21(44-9)38-6-30-13-17(38)34-23(26)36-19(13)42)33-25(28-2)29-5-10-12(32-8)16(41)22(45-10)39-7-31-14-18(39)35-24(27)37-20(14)43/h6-7,9-12,15-16,21-22,32,40-41H,1,3-5H2,2H3,(H2,28,29,33)(H3,26,34,36,42)(H3,27,35,37,43)/t9-,10-,11?,12+,15+,16?,21-,22-/m1/s1. The summed E-state index contributed by atoms with van der Waals surface area (Å²) in [5, 5.41) is 32.7. The van der Waals surface area contributed by atoms with Gasteiger partial charge in [-0.15, -0.1) is 0 Å². The molecule has 2 unspecified atom stereocenters. The van der Waals surface area contributed by atoms with E-state index in [1.165, 1.54) is 21.8 Å². The SMILES string of the molecule is C=C1CC[C@H]2O[C@@H](n3cnc4c(=O)[nH]c(N)nc43)[C@@H](O)C2NC(=NC)NC[C@H]2O[C@@H](n3cnc4c(=O)[nH]c(N)nc43)C(O)[C@H]2N1. The number of aliphatic hydroxyl groups excluding tert-OH is 2. The first-order valence-electron chi connectivity index (χ1n) is 14.2. The Morgan fingerprint density at radius 3 is 2.00 bits per heavy atom. The van der Waals surface area contributed by atoms with E-state index in [0.29, 0.717) is 24.5 Å². The van der Waals surface area contributed by atoms with Crippen LogP contribution in [0, 0.1) is 0 Å². The Hall–Kier alpha value is -5.05. The predicted octanol–water partition coefficient (Wildman–Crippen LogP) is -3.27. The molecule has 4 aromatic rings. The Balaban J connectivity index is 1.15. The van der Waals surface area contributed by atoms with Gasteiger partial charge in [-0.05, 0) is 12.8 Å². The second-order valence-electron chi connectivity index (χ2n) is 11.1. The van der Waals surface area contributed by atoms with E-state index < -0.39 is 60.1 Å². The summed E-state index contributed by atoms with van der Waals surface area (Å²) in [4.78, 5) is 50.4. The molecule has 7 heterocycles. The number of fused-ring (bicyclic) bond motifs is 4. The lowest BCUT2D eigenvalue weighted by atomic mass is 10.0. The summed E-state index contributed by atoms with van der Waals surface area (Å²) in [5.41, 5.74) is 11.6. The molecule has 0 amide bonds. The second kappa shape index (κ2) is 10.8. The first-order chi connectivity index (χ1) is 21.6. The number of nitrogens with one attached hydrogen (secondary N) is 5. The molecule has 0 aromatic carbocycles. The largest absolute Gasteiger partial charge is 0.386 e. The van der Waals surface area contributed by atoms with E-state index in [2.05, 4.69) is 57.4 Å². The Labute approximate surface area is 252 Å². The number of ether oxygens (including phenoxy) is 2. The van der Waals surface area contributed by atoms with Gasteiger partial charge in [-0.1, -0.05) is 6.58 Å². The van der Waals surface area contributed by atoms with Crippen LogP contribution in [0.15, 0.2) is 39.5 Å². The van der Waals surface area contributed by atoms with Gasteiger partial charge in [-0.25, -0.2) is 9.97 Å². The highest BCUT2D eigenvalue weighted by Gasteiger charge is 2.48. The molecule has 0 bridgehead atoms. The van der Waals surface area contributed by atoms with Gasteiger partial charge in [0.15, 0.2) is 40.7 Å². The van der Waals surface area contributed by atoms with Crippen LogP contribution in [0.3, 0.4) is 0 Å². The number of hydrogen-bond acceptors (Lipinski definition) is 14. The Morgan fingerprint density at radius 2 is 1.44 bits per heavy atom. The third-order valence-electron chi connectivity index (χ3n) is 8.30. The summed E-state index contributed by atoms with van der Waals surface area (Å²) in [6, 6.07) is -1.27. The van der Waals surface area contributed by atoms with Crippen LogP contribution >= 0.6 is 0 Å². The van der Waals surface area contributed by atoms with Crippen molar-refractivity contribution in [2.75, 3.05) is 25.1 Å². The Morgan fingerprint density at radius 1 is 0.911 bits per heavy atom. The molecule has 20 nitrogen and oxygen atoms in total. The van der Waals surface area contributed by atoms with Gasteiger partial charge in [0.2, 0.25) is 11.9 Å². The number of aromatic nitrogens is 8. The minimum Gasteiger partial charge on any atom is -0.386 e. The highest BCUT2D eigenvalue weighted by atomic mass is 16.5. The predicted molar refractivity (Wildman–Crippen MR) is 159 cm³/mol. The third-order valence-corrected chi connectivity index (χ3v) is 8.30. The molecular weight excluding hydrogens is 592 g/mol. The van der Waals surface area contributed by atoms with Crippen LogP contribution in [-0.4, -0.2) is 105 Å². The van der Waals surface area contributed by atoms with Crippen molar-refractivity contribution in [2.24, 2.45) is 4.99 Å². The lowest BCUT2D eigenvalue weighted by Gasteiger charge is -2.29. The van der Waals surface area contributed by atoms with E-state index in [1.807, 2.05) is 0 Å². The van der Waals surface area contributed by atoms with E-state index >= 15 is 0 Å². The average Bonchev–Trinajstić information content (AvgIpc) is 3.75. The molecule has 4 aromatic heterocycles. The smallest absolute Gasteiger partial charge is 0.280 e. The molecule has 20 heteroatoms. The topological polar surface area (TPSA) is 287 Å². The number of aromatic amines is 2. The number of nitrogens with two attached hydrogens (primary N) is 2. The summed E-state index contributed by atoms with van der Waals surface area (Å²) >= 11 is 0. The number of imidazole rings is 2. The van der Waals surface area contributed by atoms with E-state index in [9.17, 15) is 19.8 Å². The maximum Gasteiger partial charge on any atom is 0.280 e. The molecule has 3 saturated heterocycles. The van der Waals surface area contributed by atoms with Crippen LogP contribution in [0.5, 0.6) is 0 Å². The third kappa shape index (κ3) is 4.83. The van der Waals surface area contributed by atoms with E-state index in [4.69, 9.17) is 20.9 Å². The van der Waals surface area contributed by atoms with Crippen molar-refractivity contribution in [3.8, 4) is 0 Å². The zero-order chi connectivity index (χ0) is 31.6. The molecule has 7 rings (SSSR count). The Bertz CT molecular complexity index is 1930. The van der Waals surface area contributed by atoms with E-state index in [1.54, 1.807) is 7.05 Å². The van der Waals surface area contributed by atoms with Crippen molar-refractivity contribution in [1.29, 1.82) is 0 Å². The van der Waals surface area contributed by atoms with Gasteiger partial charge < -0.3 is 47.1 Å². The molecule has 3 aliphatic heterocycles. The van der Waals surface area contributed by atoms with Crippen molar-refractivity contribution < 1.29 is 19.7 Å². The van der Waals surface area contributed by atoms with Crippen molar-refractivity contribution in [3.63, 3.8) is 0 Å². The molecule has 3 aliphatic rings. The van der Waals surface area contributed by atoms with Crippen LogP contribution < -0.4 is 38.5 Å². The second-order valence-corrected chi connectivity index (χ2v) is 11.1. The number of H-pyrrole nitrogens is 2. The molecule has 238 valence electrons. The van der Waals surface area contributed by atoms with Crippen LogP contribution in [0.25, 0.3) is 22.3 Å². The van der Waals surface area contributed by atoms with Crippen LogP contribution in [0.1, 0.15) is 25.3 Å². The average molecular weight is 625 g/mol. The normalized spacial score (nSPS) is 31.5. The summed E-state index contributed by atoms with van der Waals surface area (Å²) in [7, 11) is 1.58. The molecule has 45 heavy (non-hydrogen) atoms. The number of nitrogen functional groups attached to an aromatic ring is 2. The van der Waals surface area contributed by atoms with Crippen molar-refractivity contribution >= 4 is 40.2 Å². The quantitative estimate of drug-likeness (QED) is 0.106. The first kappa shape index (κ1) is 28.7. The van der Waals surface area contributed by atoms with Gasteiger partial charge in [-0.2, -0.15) is 9.97 Å². The maximum atomic E-state index is 12.3. The maximum absolute atomic E-state index is 12.3. The van der Waals surface area contributed by atoms with Crippen molar-refractivity contribution in [2.45, 2.75) is 61.8 Å². The minimum atomic E-state index is -1.11. The van der Waals surface area contributed by atoms with E-state index in [-0.39, 0.29) is 40.8 Å². The number of guanidine groups is 1. The van der Waals surface area contributed by atoms with Crippen LogP contribution in [-0.2, 0) is 9.47 Å². The highest BCUT2D eigenvalue weighted by molar-refractivity contribution is 5.80. The zero-order valence-electron chi connectivity index (χ0n) is 23.9. The number of aliphatic imine (C=N–C) groups is 1. The number of hydrogen-bond donors (Lipinski definition) is 9. The van der Waals surface area contributed by atoms with Crippen molar-refractivity contribution in [3.05, 3.63) is 45.6 Å². The molecule has 8 atom stereocenters. The summed E-state index contributed by atoms with van der Waals surface area (Å²) in [6.07, 6.45) is -1.71. The van der Waals surface area contributed by atoms with Crippen LogP contribution in [0.4, 0.5) is 11.9 Å². The molecule has 3 fully saturated rings. The number of nitrogens with zero attached hydrogens (tertiary/aromatic N) is 7. The number of anilines is 2. The molecule has 0 aliphatic carbocycles. The van der Waals surface area contributed by atoms with Gasteiger partial charge >= 0.3 is 0 Å². The Kier molecular flexibility index (Phi) is 6.91. The van der Waals surface area contributed by atoms with Gasteiger partial charge in [0.05, 0.1) is 30.8 Å². The van der Waals surface area contributed by atoms with Gasteiger partial charge in [-0.3, -0.25) is 33.7 Å². The van der Waals surface area contributed by atoms with Gasteiger partial charge in [0.25, 0.3) is 11.1 Å². The van der Waals surface area contributed by atoms with Gasteiger partial charge in [0, 0.05) is 19.3 Å².